The van der Waals surface area contributed by atoms with Gasteiger partial charge in [0.1, 0.15) is 6.54 Å². The first-order valence-corrected chi connectivity index (χ1v) is 19.0. The van der Waals surface area contributed by atoms with E-state index in [0.29, 0.717) is 38.5 Å². The van der Waals surface area contributed by atoms with Crippen LogP contribution in [0.3, 0.4) is 0 Å². The number of benzene rings is 2. The van der Waals surface area contributed by atoms with Gasteiger partial charge in [-0.25, -0.2) is 14.2 Å². The van der Waals surface area contributed by atoms with Crippen molar-refractivity contribution >= 4 is 32.0 Å². The number of nitrogens with zero attached hydrogens (tertiary/aromatic N) is 2. The average Bonchev–Trinajstić information content (AvgIpc) is 3.12. The minimum atomic E-state index is -4.12. The Balaban J connectivity index is 1.72. The molecular formula is C36H54N3O11P. The molecule has 2 rings (SSSR count). The summed E-state index contributed by atoms with van der Waals surface area (Å²) in [6.07, 6.45) is 4.57. The molecule has 51 heavy (non-hydrogen) atoms. The van der Waals surface area contributed by atoms with E-state index in [2.05, 4.69) is 4.76 Å². The first-order valence-electron chi connectivity index (χ1n) is 17.5. The maximum absolute atomic E-state index is 13.5. The zero-order chi connectivity index (χ0) is 37.0. The zero-order valence-corrected chi connectivity index (χ0v) is 30.8. The Morgan fingerprint density at radius 1 is 0.627 bits per heavy atom. The predicted molar refractivity (Wildman–Crippen MR) is 192 cm³/mol. The van der Waals surface area contributed by atoms with Crippen molar-refractivity contribution in [1.82, 2.24) is 4.90 Å². The minimum absolute atomic E-state index is 0.0362. The topological polar surface area (TPSA) is 175 Å². The van der Waals surface area contributed by atoms with Crippen LogP contribution in [0.5, 0.6) is 0 Å². The van der Waals surface area contributed by atoms with Gasteiger partial charge in [-0.1, -0.05) is 74.0 Å². The number of likely N-dealkylation sites (N-methyl/N-ethyl adjacent to an activating group) is 1. The van der Waals surface area contributed by atoms with Crippen LogP contribution in [0, 0.1) is 0 Å². The highest BCUT2D eigenvalue weighted by Crippen LogP contribution is 2.50. The summed E-state index contributed by atoms with van der Waals surface area (Å²) in [4.78, 5) is 37.1. The number of esters is 1. The molecule has 0 saturated heterocycles. The van der Waals surface area contributed by atoms with Crippen molar-refractivity contribution in [3.63, 3.8) is 0 Å². The smallest absolute Gasteiger partial charge is 0.464 e. The van der Waals surface area contributed by atoms with Crippen molar-refractivity contribution < 1.29 is 51.7 Å². The molecule has 0 aromatic heterocycles. The van der Waals surface area contributed by atoms with E-state index >= 15 is 0 Å². The van der Waals surface area contributed by atoms with Crippen LogP contribution >= 0.6 is 7.75 Å². The van der Waals surface area contributed by atoms with Crippen LogP contribution in [0.4, 0.5) is 9.59 Å². The highest BCUT2D eigenvalue weighted by molar-refractivity contribution is 7.52. The van der Waals surface area contributed by atoms with Crippen molar-refractivity contribution in [2.45, 2.75) is 71.1 Å². The van der Waals surface area contributed by atoms with E-state index in [0.717, 1.165) is 36.8 Å². The van der Waals surface area contributed by atoms with Crippen molar-refractivity contribution in [1.29, 1.82) is 0 Å². The van der Waals surface area contributed by atoms with Crippen LogP contribution in [0.15, 0.2) is 65.4 Å². The lowest BCUT2D eigenvalue weighted by Crippen LogP contribution is -2.38. The van der Waals surface area contributed by atoms with E-state index in [9.17, 15) is 18.9 Å². The minimum Gasteiger partial charge on any atom is -0.464 e. The second-order valence-electron chi connectivity index (χ2n) is 11.5. The quantitative estimate of drug-likeness (QED) is 0.0266. The van der Waals surface area contributed by atoms with Gasteiger partial charge in [0.25, 0.3) is 0 Å². The second kappa shape index (κ2) is 26.6. The van der Waals surface area contributed by atoms with Crippen molar-refractivity contribution in [2.24, 2.45) is 10.5 Å². The number of hydrogen-bond donors (Lipinski definition) is 1. The lowest BCUT2D eigenvalue weighted by atomic mass is 10.1. The SMILES string of the molecule is CCCCOC(=O)CN(C)C(N)=NP(=O)(OCCCCOC(=O)OCCCc1ccccc1)OCCCCOC(=O)OCCCc1ccccc1. The Hall–Kier alpha value is -4.13. The standard InChI is InChI=1S/C36H54N3O11P/c1-3-4-23-44-33(40)30-39(2)34(37)38-51(43,49-28-13-11-24-45-35(41)47-26-15-21-31-17-7-5-8-18-31)50-29-14-12-25-46-36(42)48-27-16-22-32-19-9-6-10-20-32/h5-10,17-20H,3-4,11-16,21-30H2,1-2H3,(H2,37,38,43). The molecular weight excluding hydrogens is 681 g/mol. The number of rotatable bonds is 26. The summed E-state index contributed by atoms with van der Waals surface area (Å²) in [5, 5.41) is 0. The van der Waals surface area contributed by atoms with Crippen LogP contribution < -0.4 is 5.73 Å². The van der Waals surface area contributed by atoms with Crippen LogP contribution in [0.25, 0.3) is 0 Å². The molecule has 284 valence electrons. The van der Waals surface area contributed by atoms with Gasteiger partial charge in [-0.3, -0.25) is 13.8 Å². The Morgan fingerprint density at radius 2 is 1.04 bits per heavy atom. The van der Waals surface area contributed by atoms with Gasteiger partial charge in [-0.05, 0) is 68.9 Å². The number of guanidine groups is 1. The van der Waals surface area contributed by atoms with Crippen LogP contribution in [-0.2, 0) is 54.9 Å². The molecule has 0 aliphatic rings. The molecule has 0 unspecified atom stereocenters. The van der Waals surface area contributed by atoms with Gasteiger partial charge in [0.2, 0.25) is 5.96 Å². The molecule has 14 nitrogen and oxygen atoms in total. The highest BCUT2D eigenvalue weighted by atomic mass is 31.2. The molecule has 2 aromatic rings. The number of aryl methyl sites for hydroxylation is 2. The normalized spacial score (nSPS) is 11.5. The zero-order valence-electron chi connectivity index (χ0n) is 29.9. The van der Waals surface area contributed by atoms with E-state index in [-0.39, 0.29) is 58.8 Å². The monoisotopic (exact) mass is 735 g/mol. The van der Waals surface area contributed by atoms with Crippen molar-refractivity contribution in [3.8, 4) is 0 Å². The fourth-order valence-corrected chi connectivity index (χ4v) is 5.58. The third kappa shape index (κ3) is 21.6. The fourth-order valence-electron chi connectivity index (χ4n) is 4.26. The van der Waals surface area contributed by atoms with Crippen molar-refractivity contribution in [3.05, 3.63) is 71.8 Å². The molecule has 0 spiro atoms. The molecule has 0 aliphatic heterocycles. The number of ether oxygens (including phenoxy) is 5. The molecule has 0 bridgehead atoms. The lowest BCUT2D eigenvalue weighted by Gasteiger charge is -2.20. The van der Waals surface area contributed by atoms with Gasteiger partial charge in [0.15, 0.2) is 0 Å². The molecule has 0 atom stereocenters. The average molecular weight is 736 g/mol. The van der Waals surface area contributed by atoms with Crippen LogP contribution in [-0.4, -0.2) is 89.0 Å². The van der Waals surface area contributed by atoms with Gasteiger partial charge < -0.3 is 34.3 Å². The Kier molecular flexibility index (Phi) is 22.5. The summed E-state index contributed by atoms with van der Waals surface area (Å²) in [6, 6.07) is 19.8. The molecule has 15 heteroatoms. The molecule has 0 amide bonds. The molecule has 2 N–H and O–H groups in total. The summed E-state index contributed by atoms with van der Waals surface area (Å²) in [6.45, 7) is 2.63. The van der Waals surface area contributed by atoms with Gasteiger partial charge >= 0.3 is 26.0 Å². The van der Waals surface area contributed by atoms with E-state index in [1.165, 1.54) is 11.9 Å². The third-order valence-corrected chi connectivity index (χ3v) is 8.58. The molecule has 0 fully saturated rings. The predicted octanol–water partition coefficient (Wildman–Crippen LogP) is 6.85. The highest BCUT2D eigenvalue weighted by Gasteiger charge is 2.26. The van der Waals surface area contributed by atoms with Gasteiger partial charge in [-0.15, -0.1) is 4.76 Å². The summed E-state index contributed by atoms with van der Waals surface area (Å²) in [7, 11) is -2.62. The summed E-state index contributed by atoms with van der Waals surface area (Å²) >= 11 is 0. The largest absolute Gasteiger partial charge is 0.508 e. The van der Waals surface area contributed by atoms with Crippen LogP contribution in [0.1, 0.15) is 69.4 Å². The van der Waals surface area contributed by atoms with Gasteiger partial charge in [0.05, 0.1) is 46.2 Å². The maximum Gasteiger partial charge on any atom is 0.508 e. The van der Waals surface area contributed by atoms with Gasteiger partial charge in [-0.2, -0.15) is 0 Å². The van der Waals surface area contributed by atoms with E-state index in [4.69, 9.17) is 38.5 Å². The van der Waals surface area contributed by atoms with Gasteiger partial charge in [0, 0.05) is 7.05 Å². The number of hydrogen-bond acceptors (Lipinski definition) is 11. The molecule has 0 aliphatic carbocycles. The molecule has 0 saturated carbocycles. The Bertz CT molecular complexity index is 1260. The first-order chi connectivity index (χ1) is 24.7. The lowest BCUT2D eigenvalue weighted by molar-refractivity contribution is -0.143. The molecule has 2 aromatic carbocycles. The fraction of sp³-hybridized carbons (Fsp3) is 0.556. The summed E-state index contributed by atoms with van der Waals surface area (Å²) in [5.74, 6) is -0.743. The molecule has 0 heterocycles. The number of carbonyl (C=O) groups excluding carboxylic acids is 3. The Labute approximate surface area is 301 Å². The second-order valence-corrected chi connectivity index (χ2v) is 13.2. The maximum atomic E-state index is 13.5. The van der Waals surface area contributed by atoms with E-state index in [1.807, 2.05) is 67.6 Å². The number of nitrogens with two attached hydrogens (primary N) is 1. The van der Waals surface area contributed by atoms with E-state index < -0.39 is 26.0 Å². The van der Waals surface area contributed by atoms with Crippen LogP contribution in [0.2, 0.25) is 0 Å². The third-order valence-electron chi connectivity index (χ3n) is 7.11. The number of carbonyl (C=O) groups is 3. The Morgan fingerprint density at radius 3 is 1.49 bits per heavy atom. The number of unbranched alkanes of at least 4 members (excludes halogenated alkanes) is 3. The first kappa shape index (κ1) is 43.0. The molecule has 0 radical (unpaired) electrons. The summed E-state index contributed by atoms with van der Waals surface area (Å²) in [5.41, 5.74) is 8.36. The van der Waals surface area contributed by atoms with Crippen molar-refractivity contribution in [2.75, 3.05) is 59.8 Å². The summed E-state index contributed by atoms with van der Waals surface area (Å²) < 4.78 is 54.2. The van der Waals surface area contributed by atoms with E-state index in [1.54, 1.807) is 0 Å².